The van der Waals surface area contributed by atoms with Crippen LogP contribution in [-0.4, -0.2) is 37.0 Å². The van der Waals surface area contributed by atoms with Crippen LogP contribution in [0.4, 0.5) is 5.82 Å². The molecule has 2 aromatic heterocycles. The van der Waals surface area contributed by atoms with E-state index in [9.17, 15) is 10.1 Å². The number of rotatable bonds is 4. The first-order chi connectivity index (χ1) is 14.1. The molecule has 6 heteroatoms. The van der Waals surface area contributed by atoms with Gasteiger partial charge in [0.2, 0.25) is 0 Å². The number of carbonyl (C=O) groups excluding carboxylic acids is 1. The van der Waals surface area contributed by atoms with Crippen LogP contribution < -0.4 is 9.88 Å². The number of piperazine rings is 1. The highest BCUT2D eigenvalue weighted by Crippen LogP contribution is 2.31. The number of furan rings is 1. The summed E-state index contributed by atoms with van der Waals surface area (Å²) in [6.45, 7) is 7.12. The number of nitrogens with zero attached hydrogens (tertiary/aromatic N) is 3. The number of nitrogens with one attached hydrogen (secondary N) is 1. The van der Waals surface area contributed by atoms with Crippen LogP contribution >= 0.6 is 0 Å². The number of anilines is 1. The number of nitriles is 1. The van der Waals surface area contributed by atoms with Gasteiger partial charge in [0.15, 0.2) is 5.76 Å². The summed E-state index contributed by atoms with van der Waals surface area (Å²) in [6.07, 6.45) is 6.93. The Morgan fingerprint density at radius 2 is 1.93 bits per heavy atom. The Kier molecular flexibility index (Phi) is 5.57. The molecule has 4 rings (SSSR count). The predicted molar refractivity (Wildman–Crippen MR) is 110 cm³/mol. The Balaban J connectivity index is 1.60. The van der Waals surface area contributed by atoms with Gasteiger partial charge in [-0.2, -0.15) is 5.26 Å². The second-order valence-electron chi connectivity index (χ2n) is 8.46. The van der Waals surface area contributed by atoms with E-state index >= 15 is 0 Å². The number of hydrogen-bond acceptors (Lipinski definition) is 4. The highest BCUT2D eigenvalue weighted by Gasteiger charge is 2.33. The third kappa shape index (κ3) is 3.87. The molecule has 2 aliphatic rings. The molecule has 6 nitrogen and oxygen atoms in total. The van der Waals surface area contributed by atoms with E-state index in [1.54, 1.807) is 12.1 Å². The van der Waals surface area contributed by atoms with Crippen LogP contribution in [0.15, 0.2) is 22.8 Å². The van der Waals surface area contributed by atoms with E-state index in [2.05, 4.69) is 29.8 Å². The molecule has 1 fully saturated rings. The van der Waals surface area contributed by atoms with Crippen LogP contribution in [0.2, 0.25) is 0 Å². The molecular weight excluding hydrogens is 364 g/mol. The lowest BCUT2D eigenvalue weighted by atomic mass is 9.85. The average molecular weight is 394 g/mol. The first-order valence-electron chi connectivity index (χ1n) is 10.7. The van der Waals surface area contributed by atoms with Crippen molar-refractivity contribution in [3.05, 3.63) is 46.5 Å². The second kappa shape index (κ2) is 8.28. The van der Waals surface area contributed by atoms with Crippen molar-refractivity contribution in [1.82, 2.24) is 4.90 Å². The van der Waals surface area contributed by atoms with E-state index in [4.69, 9.17) is 4.42 Å². The van der Waals surface area contributed by atoms with Gasteiger partial charge in [-0.3, -0.25) is 9.69 Å². The molecule has 152 valence electrons. The maximum Gasteiger partial charge on any atom is 0.293 e. The van der Waals surface area contributed by atoms with Crippen molar-refractivity contribution in [2.45, 2.75) is 46.0 Å². The lowest BCUT2D eigenvalue weighted by Crippen LogP contribution is -2.50. The molecule has 3 heterocycles. The highest BCUT2D eigenvalue weighted by atomic mass is 16.3. The molecular formula is C23H29N4O2+. The van der Waals surface area contributed by atoms with Crippen LogP contribution in [0.1, 0.15) is 59.6 Å². The van der Waals surface area contributed by atoms with Gasteiger partial charge in [-0.25, -0.2) is 4.98 Å². The molecule has 29 heavy (non-hydrogen) atoms. The lowest BCUT2D eigenvalue weighted by Gasteiger charge is -2.31. The Labute approximate surface area is 172 Å². The monoisotopic (exact) mass is 393 g/mol. The van der Waals surface area contributed by atoms with E-state index < -0.39 is 0 Å². The fourth-order valence-corrected chi connectivity index (χ4v) is 4.57. The molecule has 1 saturated heterocycles. The molecule has 0 radical (unpaired) electrons. The number of aromatic amines is 1. The summed E-state index contributed by atoms with van der Waals surface area (Å²) in [6, 6.07) is 5.93. The summed E-state index contributed by atoms with van der Waals surface area (Å²) in [4.78, 5) is 20.3. The van der Waals surface area contributed by atoms with Gasteiger partial charge in [0, 0.05) is 6.42 Å². The van der Waals surface area contributed by atoms with E-state index in [1.165, 1.54) is 29.5 Å². The first-order valence-corrected chi connectivity index (χ1v) is 10.7. The summed E-state index contributed by atoms with van der Waals surface area (Å²) in [5, 5.41) is 9.97. The van der Waals surface area contributed by atoms with Crippen molar-refractivity contribution in [3.8, 4) is 6.07 Å². The second-order valence-corrected chi connectivity index (χ2v) is 8.46. The molecule has 0 saturated carbocycles. The zero-order valence-electron chi connectivity index (χ0n) is 17.3. The average Bonchev–Trinajstić information content (AvgIpc) is 3.28. The number of carbonyl (C=O) groups is 1. The van der Waals surface area contributed by atoms with Gasteiger partial charge < -0.3 is 9.32 Å². The summed E-state index contributed by atoms with van der Waals surface area (Å²) < 4.78 is 5.26. The van der Waals surface area contributed by atoms with Crippen molar-refractivity contribution in [3.63, 3.8) is 0 Å². The van der Waals surface area contributed by atoms with Gasteiger partial charge in [-0.05, 0) is 54.9 Å². The Bertz CT molecular complexity index is 919. The largest absolute Gasteiger partial charge is 0.459 e. The summed E-state index contributed by atoms with van der Waals surface area (Å²) >= 11 is 0. The van der Waals surface area contributed by atoms with E-state index in [1.807, 2.05) is 4.90 Å². The van der Waals surface area contributed by atoms with Crippen molar-refractivity contribution >= 4 is 11.7 Å². The molecule has 1 aliphatic carbocycles. The van der Waals surface area contributed by atoms with Gasteiger partial charge in [-0.15, -0.1) is 0 Å². The Morgan fingerprint density at radius 1 is 1.21 bits per heavy atom. The minimum absolute atomic E-state index is 0.0647. The Hall–Kier alpha value is -2.81. The van der Waals surface area contributed by atoms with Crippen LogP contribution in [0.3, 0.4) is 0 Å². The quantitative estimate of drug-likeness (QED) is 0.800. The number of pyridine rings is 1. The standard InChI is InChI=1S/C23H28N4O2/c1-16(2)14-20-18-7-4-3-6-17(18)19(15-24)22(25-20)26-9-11-27(12-10-26)23(28)21-8-5-13-29-21/h5,8,13,16H,3-4,6-7,9-12,14H2,1-2H3/p+1. The Morgan fingerprint density at radius 3 is 2.55 bits per heavy atom. The van der Waals surface area contributed by atoms with E-state index in [0.717, 1.165) is 37.1 Å². The summed E-state index contributed by atoms with van der Waals surface area (Å²) in [7, 11) is 0. The molecule has 0 aromatic carbocycles. The van der Waals surface area contributed by atoms with E-state index in [-0.39, 0.29) is 5.91 Å². The zero-order chi connectivity index (χ0) is 20.4. The van der Waals surface area contributed by atoms with Crippen LogP contribution in [0, 0.1) is 17.2 Å². The number of H-pyrrole nitrogens is 1. The lowest BCUT2D eigenvalue weighted by molar-refractivity contribution is -0.378. The molecule has 0 unspecified atom stereocenters. The van der Waals surface area contributed by atoms with Crippen molar-refractivity contribution in [2.75, 3.05) is 31.1 Å². The molecule has 0 atom stereocenters. The van der Waals surface area contributed by atoms with Gasteiger partial charge in [0.1, 0.15) is 30.4 Å². The van der Waals surface area contributed by atoms with Gasteiger partial charge in [-0.1, -0.05) is 13.8 Å². The number of aromatic nitrogens is 1. The molecule has 2 aromatic rings. The van der Waals surface area contributed by atoms with Crippen molar-refractivity contribution < 1.29 is 14.2 Å². The number of amides is 1. The molecule has 1 amide bonds. The van der Waals surface area contributed by atoms with Crippen LogP contribution in [-0.2, 0) is 19.3 Å². The van der Waals surface area contributed by atoms with E-state index in [0.29, 0.717) is 37.9 Å². The smallest absolute Gasteiger partial charge is 0.293 e. The topological polar surface area (TPSA) is 74.6 Å². The molecule has 1 N–H and O–H groups in total. The van der Waals surface area contributed by atoms with Crippen molar-refractivity contribution in [2.24, 2.45) is 5.92 Å². The minimum atomic E-state index is -0.0647. The van der Waals surface area contributed by atoms with Gasteiger partial charge in [0.05, 0.1) is 19.4 Å². The highest BCUT2D eigenvalue weighted by molar-refractivity contribution is 5.91. The normalized spacial score (nSPS) is 16.6. The zero-order valence-corrected chi connectivity index (χ0v) is 17.3. The SMILES string of the molecule is CC(C)Cc1[nH+]c(N2CCN(C(=O)c3ccco3)CC2)c(C#N)c2c1CCCC2. The number of hydrogen-bond donors (Lipinski definition) is 0. The van der Waals surface area contributed by atoms with Gasteiger partial charge in [0.25, 0.3) is 11.7 Å². The minimum Gasteiger partial charge on any atom is -0.459 e. The fourth-order valence-electron chi connectivity index (χ4n) is 4.57. The maximum absolute atomic E-state index is 12.5. The maximum atomic E-state index is 12.5. The summed E-state index contributed by atoms with van der Waals surface area (Å²) in [5.41, 5.74) is 4.71. The fraction of sp³-hybridized carbons (Fsp3) is 0.522. The van der Waals surface area contributed by atoms with Crippen molar-refractivity contribution in [1.29, 1.82) is 5.26 Å². The van der Waals surface area contributed by atoms with Crippen LogP contribution in [0.5, 0.6) is 0 Å². The number of fused-ring (bicyclic) bond motifs is 1. The van der Waals surface area contributed by atoms with Crippen LogP contribution in [0.25, 0.3) is 0 Å². The predicted octanol–water partition coefficient (Wildman–Crippen LogP) is 3.01. The van der Waals surface area contributed by atoms with Gasteiger partial charge >= 0.3 is 0 Å². The third-order valence-electron chi connectivity index (χ3n) is 5.98. The molecule has 0 bridgehead atoms. The summed E-state index contributed by atoms with van der Waals surface area (Å²) in [5.74, 6) is 1.82. The first kappa shape index (κ1) is 19.5. The molecule has 1 aliphatic heterocycles. The molecule has 0 spiro atoms. The third-order valence-corrected chi connectivity index (χ3v) is 5.98.